The summed E-state index contributed by atoms with van der Waals surface area (Å²) < 4.78 is 6.41. The molecule has 2 aromatic carbocycles. The number of benzene rings is 2. The molecule has 0 heterocycles. The molecule has 4 heteroatoms. The first-order valence-corrected chi connectivity index (χ1v) is 10.5. The van der Waals surface area contributed by atoms with Gasteiger partial charge in [-0.15, -0.1) is 0 Å². The van der Waals surface area contributed by atoms with Gasteiger partial charge in [0.1, 0.15) is 0 Å². The van der Waals surface area contributed by atoms with Crippen molar-refractivity contribution in [1.29, 1.82) is 0 Å². The Morgan fingerprint density at radius 1 is 0.909 bits per heavy atom. The molecule has 0 aliphatic rings. The average Bonchev–Trinajstić information content (AvgIpc) is 2.59. The van der Waals surface area contributed by atoms with Gasteiger partial charge in [0, 0.05) is 0 Å². The molecule has 2 aromatic rings. The molecule has 3 nitrogen and oxygen atoms in total. The van der Waals surface area contributed by atoms with Crippen molar-refractivity contribution in [2.45, 2.75) is 24.2 Å². The van der Waals surface area contributed by atoms with E-state index in [9.17, 15) is 9.59 Å². The molecule has 0 amide bonds. The van der Waals surface area contributed by atoms with Gasteiger partial charge in [-0.2, -0.15) is 0 Å². The topological polar surface area (TPSA) is 43.4 Å². The fourth-order valence-electron chi connectivity index (χ4n) is 1.94. The Hall–Kier alpha value is -1.62. The molecular weight excluding hydrogens is 383 g/mol. The van der Waals surface area contributed by atoms with Crippen molar-refractivity contribution in [3.63, 3.8) is 0 Å². The summed E-state index contributed by atoms with van der Waals surface area (Å²) in [6, 6.07) is 15.8. The first-order valence-electron chi connectivity index (χ1n) is 7.36. The Kier molecular flexibility index (Phi) is 6.65. The van der Waals surface area contributed by atoms with E-state index in [0.717, 1.165) is 17.3 Å². The van der Waals surface area contributed by atoms with Gasteiger partial charge in [0.15, 0.2) is 0 Å². The van der Waals surface area contributed by atoms with Gasteiger partial charge in [0.2, 0.25) is 0 Å². The molecule has 0 saturated heterocycles. The number of hydrogen-bond donors (Lipinski definition) is 0. The fraction of sp³-hybridized carbons (Fsp3) is 0.222. The average molecular weight is 401 g/mol. The summed E-state index contributed by atoms with van der Waals surface area (Å²) in [5.74, 6) is -0.304. The first kappa shape index (κ1) is 16.7. The molecule has 0 bridgehead atoms. The van der Waals surface area contributed by atoms with Gasteiger partial charge >= 0.3 is 141 Å². The van der Waals surface area contributed by atoms with Crippen molar-refractivity contribution in [3.8, 4) is 0 Å². The number of carbonyl (C=O) groups excluding carboxylic acids is 2. The van der Waals surface area contributed by atoms with Crippen LogP contribution in [0.2, 0.25) is 4.44 Å². The molecule has 0 fully saturated rings. The number of hydrogen-bond acceptors (Lipinski definition) is 3. The van der Waals surface area contributed by atoms with Crippen molar-refractivity contribution in [2.75, 3.05) is 0 Å². The first-order chi connectivity index (χ1) is 10.7. The summed E-state index contributed by atoms with van der Waals surface area (Å²) >= 11 is -1.05. The van der Waals surface area contributed by atoms with Crippen LogP contribution in [0, 0.1) is 0 Å². The van der Waals surface area contributed by atoms with Crippen LogP contribution in [0.4, 0.5) is 0 Å². The minimum absolute atomic E-state index is 0.0417. The molecule has 2 radical (unpaired) electrons. The third-order valence-electron chi connectivity index (χ3n) is 3.22. The molecule has 0 saturated carbocycles. The standard InChI is InChI=1S/C14H10O3.C4H9.Sn/c15-13(10-4-2-1-3-5-10)11-6-8-12(9-7-11)14(16)17;1-3-4-2;/h1-9H,(H,16,17);1,3-4H2,2H3;/q;;+1/p-1. The van der Waals surface area contributed by atoms with E-state index < -0.39 is 21.6 Å². The normalized spacial score (nSPS) is 10.2. The summed E-state index contributed by atoms with van der Waals surface area (Å²) in [7, 11) is 0. The number of rotatable bonds is 7. The SMILES string of the molecule is CCC[CH2][Sn][O]C(=O)c1ccc(C(=O)c2ccccc2)cc1. The summed E-state index contributed by atoms with van der Waals surface area (Å²) in [4.78, 5) is 24.2. The van der Waals surface area contributed by atoms with E-state index in [4.69, 9.17) is 3.07 Å². The Labute approximate surface area is 141 Å². The van der Waals surface area contributed by atoms with E-state index in [1.54, 1.807) is 36.4 Å². The summed E-state index contributed by atoms with van der Waals surface area (Å²) in [6.07, 6.45) is 2.26. The predicted octanol–water partition coefficient (Wildman–Crippen LogP) is 3.91. The van der Waals surface area contributed by atoms with Gasteiger partial charge in [-0.3, -0.25) is 0 Å². The van der Waals surface area contributed by atoms with Crippen molar-refractivity contribution in [2.24, 2.45) is 0 Å². The Bertz CT molecular complexity index is 621. The van der Waals surface area contributed by atoms with Crippen LogP contribution in [0.15, 0.2) is 54.6 Å². The number of unbranched alkanes of at least 4 members (excludes halogenated alkanes) is 1. The quantitative estimate of drug-likeness (QED) is 0.402. The zero-order valence-corrected chi connectivity index (χ0v) is 15.4. The second-order valence-electron chi connectivity index (χ2n) is 4.91. The molecular formula is C18H18O3Sn. The molecule has 0 atom stereocenters. The van der Waals surface area contributed by atoms with Gasteiger partial charge in [0.05, 0.1) is 0 Å². The molecule has 0 N–H and O–H groups in total. The maximum atomic E-state index is 12.3. The number of carbonyl (C=O) groups is 2. The van der Waals surface area contributed by atoms with Gasteiger partial charge in [-0.1, -0.05) is 0 Å². The summed E-state index contributed by atoms with van der Waals surface area (Å²) in [6.45, 7) is 2.13. The van der Waals surface area contributed by atoms with Gasteiger partial charge in [-0.25, -0.2) is 0 Å². The molecule has 0 aliphatic heterocycles. The third-order valence-corrected chi connectivity index (χ3v) is 5.75. The molecule has 22 heavy (non-hydrogen) atoms. The van der Waals surface area contributed by atoms with Crippen molar-refractivity contribution < 1.29 is 12.7 Å². The molecule has 0 spiro atoms. The van der Waals surface area contributed by atoms with Crippen LogP contribution in [0.25, 0.3) is 0 Å². The van der Waals surface area contributed by atoms with Crippen LogP contribution in [-0.2, 0) is 3.07 Å². The molecule has 0 aromatic heterocycles. The second-order valence-corrected chi connectivity index (χ2v) is 7.74. The van der Waals surface area contributed by atoms with Crippen LogP contribution in [0.5, 0.6) is 0 Å². The van der Waals surface area contributed by atoms with E-state index >= 15 is 0 Å². The monoisotopic (exact) mass is 402 g/mol. The summed E-state index contributed by atoms with van der Waals surface area (Å²) in [5.41, 5.74) is 1.74. The van der Waals surface area contributed by atoms with E-state index in [0.29, 0.717) is 16.7 Å². The maximum absolute atomic E-state index is 12.3. The zero-order chi connectivity index (χ0) is 15.8. The van der Waals surface area contributed by atoms with Crippen LogP contribution in [0.3, 0.4) is 0 Å². The molecule has 2 rings (SSSR count). The van der Waals surface area contributed by atoms with Crippen molar-refractivity contribution in [3.05, 3.63) is 71.3 Å². The van der Waals surface area contributed by atoms with Gasteiger partial charge in [-0.05, 0) is 0 Å². The van der Waals surface area contributed by atoms with E-state index in [1.807, 2.05) is 18.2 Å². The van der Waals surface area contributed by atoms with Crippen molar-refractivity contribution >= 4 is 33.3 Å². The molecule has 0 unspecified atom stereocenters. The van der Waals surface area contributed by atoms with Gasteiger partial charge < -0.3 is 0 Å². The Morgan fingerprint density at radius 3 is 2.14 bits per heavy atom. The van der Waals surface area contributed by atoms with Crippen LogP contribution in [0.1, 0.15) is 46.0 Å². The Morgan fingerprint density at radius 2 is 1.50 bits per heavy atom. The van der Waals surface area contributed by atoms with E-state index in [-0.39, 0.29) is 11.8 Å². The summed E-state index contributed by atoms with van der Waals surface area (Å²) in [5, 5.41) is 0. The predicted molar refractivity (Wildman–Crippen MR) is 87.2 cm³/mol. The fourth-order valence-corrected chi connectivity index (χ4v) is 4.36. The molecule has 0 aliphatic carbocycles. The van der Waals surface area contributed by atoms with Gasteiger partial charge in [0.25, 0.3) is 0 Å². The minimum atomic E-state index is -1.05. The van der Waals surface area contributed by atoms with Crippen LogP contribution in [-0.4, -0.2) is 33.3 Å². The van der Waals surface area contributed by atoms with E-state index in [2.05, 4.69) is 6.92 Å². The number of ketones is 1. The zero-order valence-electron chi connectivity index (χ0n) is 12.5. The third kappa shape index (κ3) is 4.70. The van der Waals surface area contributed by atoms with Crippen LogP contribution < -0.4 is 0 Å². The Balaban J connectivity index is 1.98. The molecule has 112 valence electrons. The van der Waals surface area contributed by atoms with E-state index in [1.165, 1.54) is 0 Å². The second kappa shape index (κ2) is 8.73. The van der Waals surface area contributed by atoms with Crippen LogP contribution >= 0.6 is 0 Å². The van der Waals surface area contributed by atoms with Crippen molar-refractivity contribution in [1.82, 2.24) is 0 Å².